The number of hydrogen-bond acceptors (Lipinski definition) is 7. The lowest BCUT2D eigenvalue weighted by Gasteiger charge is -2.35. The van der Waals surface area contributed by atoms with E-state index >= 15 is 0 Å². The Morgan fingerprint density at radius 3 is 1.22 bits per heavy atom. The van der Waals surface area contributed by atoms with Crippen molar-refractivity contribution in [2.24, 2.45) is 0 Å². The summed E-state index contributed by atoms with van der Waals surface area (Å²) in [7, 11) is 0. The van der Waals surface area contributed by atoms with Gasteiger partial charge in [0.15, 0.2) is 0 Å². The summed E-state index contributed by atoms with van der Waals surface area (Å²) in [6.45, 7) is 11.5. The first-order chi connectivity index (χ1) is 33.0. The average Bonchev–Trinajstić information content (AvgIpc) is 4.30. The molecule has 10 rings (SSSR count). The molecule has 3 unspecified atom stereocenters. The molecule has 0 saturated carbocycles. The van der Waals surface area contributed by atoms with Crippen molar-refractivity contribution in [2.45, 2.75) is 119 Å². The van der Waals surface area contributed by atoms with Gasteiger partial charge in [0.25, 0.3) is 0 Å². The van der Waals surface area contributed by atoms with E-state index in [1.807, 2.05) is 0 Å². The SMILES string of the molecule is CC(C)(OCC(O)COc1ccc(C2(c3ccc(C(C)(C)OCC4CO4)cc3)CCc3ccccc3CC2)cc1)c1ccc(C2(c3ccc(OCC4CO4)cc3)CCc3ccccc3CC2)cc1. The summed E-state index contributed by atoms with van der Waals surface area (Å²) >= 11 is 0. The van der Waals surface area contributed by atoms with Crippen LogP contribution >= 0.6 is 0 Å². The van der Waals surface area contributed by atoms with Crippen molar-refractivity contribution in [3.05, 3.63) is 201 Å². The van der Waals surface area contributed by atoms with Gasteiger partial charge in [0.1, 0.15) is 43.0 Å². The minimum atomic E-state index is -0.803. The van der Waals surface area contributed by atoms with Crippen molar-refractivity contribution in [3.63, 3.8) is 0 Å². The Balaban J connectivity index is 0.790. The van der Waals surface area contributed by atoms with E-state index in [1.165, 1.54) is 44.5 Å². The van der Waals surface area contributed by atoms with E-state index < -0.39 is 17.3 Å². The molecule has 354 valence electrons. The molecular weight excluding hydrogens is 845 g/mol. The van der Waals surface area contributed by atoms with E-state index in [-0.39, 0.29) is 36.3 Å². The third-order valence-corrected chi connectivity index (χ3v) is 15.6. The molecule has 3 atom stereocenters. The molecule has 2 fully saturated rings. The molecule has 4 aliphatic rings. The summed E-state index contributed by atoms with van der Waals surface area (Å²) in [5.74, 6) is 1.61. The van der Waals surface area contributed by atoms with Crippen molar-refractivity contribution in [3.8, 4) is 11.5 Å². The zero-order valence-electron chi connectivity index (χ0n) is 40.4. The maximum atomic E-state index is 11.2. The van der Waals surface area contributed by atoms with Crippen molar-refractivity contribution < 1.29 is 33.5 Å². The third kappa shape index (κ3) is 10.3. The maximum absolute atomic E-state index is 11.2. The molecule has 0 amide bonds. The van der Waals surface area contributed by atoms with Gasteiger partial charge in [0.05, 0.1) is 37.6 Å². The van der Waals surface area contributed by atoms with Gasteiger partial charge < -0.3 is 33.5 Å². The largest absolute Gasteiger partial charge is 0.491 e. The number of aryl methyl sites for hydroxylation is 4. The second-order valence-corrected chi connectivity index (χ2v) is 20.7. The number of aliphatic hydroxyl groups excluding tert-OH is 1. The zero-order valence-corrected chi connectivity index (χ0v) is 40.4. The number of ether oxygens (including phenoxy) is 6. The van der Waals surface area contributed by atoms with Crippen LogP contribution in [0.1, 0.15) is 109 Å². The molecule has 1 N–H and O–H groups in total. The Morgan fingerprint density at radius 2 is 0.824 bits per heavy atom. The van der Waals surface area contributed by atoms with Crippen molar-refractivity contribution in [2.75, 3.05) is 39.6 Å². The Morgan fingerprint density at radius 1 is 0.471 bits per heavy atom. The molecule has 0 spiro atoms. The molecule has 0 aromatic heterocycles. The Labute approximate surface area is 403 Å². The van der Waals surface area contributed by atoms with Crippen LogP contribution in [0.4, 0.5) is 0 Å². The van der Waals surface area contributed by atoms with Gasteiger partial charge >= 0.3 is 0 Å². The first-order valence-electron chi connectivity index (χ1n) is 25.0. The molecule has 2 heterocycles. The molecule has 6 aromatic carbocycles. The Hall–Kier alpha value is -5.28. The predicted octanol–water partition coefficient (Wildman–Crippen LogP) is 11.5. The quantitative estimate of drug-likeness (QED) is 0.0679. The molecule has 7 nitrogen and oxygen atoms in total. The van der Waals surface area contributed by atoms with E-state index in [9.17, 15) is 5.11 Å². The highest BCUT2D eigenvalue weighted by Gasteiger charge is 2.39. The van der Waals surface area contributed by atoms with Gasteiger partial charge in [-0.2, -0.15) is 0 Å². The van der Waals surface area contributed by atoms with Gasteiger partial charge in [-0.1, -0.05) is 121 Å². The molecule has 2 saturated heterocycles. The van der Waals surface area contributed by atoms with Crippen LogP contribution in [0.5, 0.6) is 11.5 Å². The zero-order chi connectivity index (χ0) is 46.8. The first-order valence-corrected chi connectivity index (χ1v) is 25.0. The topological polar surface area (TPSA) is 82.2 Å². The van der Waals surface area contributed by atoms with Crippen LogP contribution in [-0.2, 0) is 66.7 Å². The fourth-order valence-electron chi connectivity index (χ4n) is 10.9. The summed E-state index contributed by atoms with van der Waals surface area (Å²) in [5, 5.41) is 11.2. The minimum absolute atomic E-state index is 0.129. The van der Waals surface area contributed by atoms with Crippen LogP contribution in [0.3, 0.4) is 0 Å². The van der Waals surface area contributed by atoms with Gasteiger partial charge in [-0.05, 0) is 159 Å². The second kappa shape index (κ2) is 19.6. The summed E-state index contributed by atoms with van der Waals surface area (Å²) < 4.78 is 35.8. The number of rotatable bonds is 18. The van der Waals surface area contributed by atoms with Crippen LogP contribution in [0.2, 0.25) is 0 Å². The number of aliphatic hydroxyl groups is 1. The lowest BCUT2D eigenvalue weighted by molar-refractivity contribution is -0.0717. The van der Waals surface area contributed by atoms with E-state index in [0.717, 1.165) is 87.2 Å². The lowest BCUT2D eigenvalue weighted by atomic mass is 9.69. The second-order valence-electron chi connectivity index (χ2n) is 20.7. The first kappa shape index (κ1) is 46.4. The predicted molar refractivity (Wildman–Crippen MR) is 268 cm³/mol. The lowest BCUT2D eigenvalue weighted by Crippen LogP contribution is -2.31. The monoisotopic (exact) mass is 912 g/mol. The number of fused-ring (bicyclic) bond motifs is 2. The summed E-state index contributed by atoms with van der Waals surface area (Å²) in [4.78, 5) is 0. The maximum Gasteiger partial charge on any atom is 0.119 e. The molecule has 68 heavy (non-hydrogen) atoms. The fourth-order valence-corrected chi connectivity index (χ4v) is 10.9. The van der Waals surface area contributed by atoms with Crippen molar-refractivity contribution >= 4 is 0 Å². The third-order valence-electron chi connectivity index (χ3n) is 15.6. The fraction of sp³-hybridized carbons (Fsp3) is 0.410. The van der Waals surface area contributed by atoms with E-state index in [4.69, 9.17) is 28.4 Å². The molecule has 7 heteroatoms. The van der Waals surface area contributed by atoms with Crippen LogP contribution in [0.25, 0.3) is 0 Å². The molecular formula is C61H68O7. The van der Waals surface area contributed by atoms with Crippen LogP contribution < -0.4 is 9.47 Å². The summed E-state index contributed by atoms with van der Waals surface area (Å²) in [6, 6.07) is 53.3. The minimum Gasteiger partial charge on any atom is -0.491 e. The highest BCUT2D eigenvalue weighted by molar-refractivity contribution is 5.47. The smallest absolute Gasteiger partial charge is 0.119 e. The van der Waals surface area contributed by atoms with Crippen molar-refractivity contribution in [1.82, 2.24) is 0 Å². The van der Waals surface area contributed by atoms with Gasteiger partial charge in [0, 0.05) is 10.8 Å². The van der Waals surface area contributed by atoms with Crippen LogP contribution in [-0.4, -0.2) is 63.1 Å². The van der Waals surface area contributed by atoms with E-state index in [1.54, 1.807) is 0 Å². The molecule has 2 aliphatic carbocycles. The van der Waals surface area contributed by atoms with Gasteiger partial charge in [-0.3, -0.25) is 0 Å². The number of hydrogen-bond donors (Lipinski definition) is 1. The number of benzene rings is 6. The molecule has 0 radical (unpaired) electrons. The molecule has 2 aliphatic heterocycles. The summed E-state index contributed by atoms with van der Waals surface area (Å²) in [6.07, 6.45) is 7.76. The average molecular weight is 913 g/mol. The van der Waals surface area contributed by atoms with Crippen LogP contribution in [0, 0.1) is 0 Å². The summed E-state index contributed by atoms with van der Waals surface area (Å²) in [5.41, 5.74) is 11.9. The Kier molecular flexibility index (Phi) is 13.4. The molecule has 6 aromatic rings. The van der Waals surface area contributed by atoms with Gasteiger partial charge in [-0.15, -0.1) is 0 Å². The highest BCUT2D eigenvalue weighted by atomic mass is 16.6. The Bertz CT molecular complexity index is 2550. The standard InChI is InChI=1S/C61H68O7/c1-58(2,47-13-17-49(18-14-47)61(35-31-45-11-7-8-12-46(45)32-36-61)52-23-27-55(28-24-52)64-39-56-40-65-56)67-38-53(62)37-63-54-25-21-51(22-26-54)60(33-29-43-9-5-6-10-44(43)30-34-60)50-19-15-48(16-20-50)59(3,4)68-42-57-41-66-57/h5-28,53,56-57,62H,29-42H2,1-4H3. The van der Waals surface area contributed by atoms with E-state index in [0.29, 0.717) is 13.2 Å². The number of epoxide rings is 2. The molecule has 0 bridgehead atoms. The van der Waals surface area contributed by atoms with Crippen molar-refractivity contribution in [1.29, 1.82) is 0 Å². The normalized spacial score (nSPS) is 20.0. The highest BCUT2D eigenvalue weighted by Crippen LogP contribution is 2.46. The van der Waals surface area contributed by atoms with Gasteiger partial charge in [-0.25, -0.2) is 0 Å². The van der Waals surface area contributed by atoms with Crippen LogP contribution in [0.15, 0.2) is 146 Å². The van der Waals surface area contributed by atoms with E-state index in [2.05, 4.69) is 173 Å². The van der Waals surface area contributed by atoms with Gasteiger partial charge in [0.2, 0.25) is 0 Å².